The number of piperazine rings is 1. The Kier molecular flexibility index (Phi) is 7.25. The second-order valence-electron chi connectivity index (χ2n) is 6.53. The SMILES string of the molecule is CSCCC(NC(=O)c1ccccc1)C(=O)N1CCN(c2ncccn2)CC1. The van der Waals surface area contributed by atoms with Gasteiger partial charge in [-0.15, -0.1) is 0 Å². The third-order valence-corrected chi connectivity index (χ3v) is 5.32. The number of amides is 2. The maximum absolute atomic E-state index is 13.1. The first kappa shape index (κ1) is 20.1. The molecule has 0 bridgehead atoms. The van der Waals surface area contributed by atoms with Crippen LogP contribution in [0.5, 0.6) is 0 Å². The number of nitrogens with zero attached hydrogens (tertiary/aromatic N) is 4. The van der Waals surface area contributed by atoms with E-state index in [0.29, 0.717) is 44.1 Å². The molecule has 2 amide bonds. The van der Waals surface area contributed by atoms with Crippen LogP contribution >= 0.6 is 11.8 Å². The first-order chi connectivity index (χ1) is 13.7. The van der Waals surface area contributed by atoms with Gasteiger partial charge in [-0.3, -0.25) is 9.59 Å². The van der Waals surface area contributed by atoms with Gasteiger partial charge in [0.1, 0.15) is 6.04 Å². The van der Waals surface area contributed by atoms with Crippen molar-refractivity contribution in [1.82, 2.24) is 20.2 Å². The quantitative estimate of drug-likeness (QED) is 0.763. The molecule has 1 aliphatic heterocycles. The number of benzene rings is 1. The summed E-state index contributed by atoms with van der Waals surface area (Å²) in [5.74, 6) is 1.26. The van der Waals surface area contributed by atoms with Crippen LogP contribution in [-0.2, 0) is 4.79 Å². The third-order valence-electron chi connectivity index (χ3n) is 4.68. The highest BCUT2D eigenvalue weighted by Crippen LogP contribution is 2.13. The molecule has 1 unspecified atom stereocenters. The Labute approximate surface area is 169 Å². The molecule has 1 aliphatic rings. The van der Waals surface area contributed by atoms with Gasteiger partial charge in [0, 0.05) is 44.1 Å². The molecule has 1 fully saturated rings. The number of hydrogen-bond acceptors (Lipinski definition) is 6. The average Bonchev–Trinajstić information content (AvgIpc) is 2.77. The number of thioether (sulfide) groups is 1. The van der Waals surface area contributed by atoms with E-state index < -0.39 is 6.04 Å². The van der Waals surface area contributed by atoms with Crippen molar-refractivity contribution < 1.29 is 9.59 Å². The number of anilines is 1. The minimum absolute atomic E-state index is 0.0213. The van der Waals surface area contributed by atoms with Gasteiger partial charge in [-0.1, -0.05) is 18.2 Å². The molecule has 8 heteroatoms. The van der Waals surface area contributed by atoms with Crippen LogP contribution in [0, 0.1) is 0 Å². The predicted molar refractivity (Wildman–Crippen MR) is 112 cm³/mol. The third kappa shape index (κ3) is 5.22. The average molecular weight is 400 g/mol. The van der Waals surface area contributed by atoms with E-state index in [1.54, 1.807) is 42.4 Å². The van der Waals surface area contributed by atoms with Crippen LogP contribution in [0.3, 0.4) is 0 Å². The summed E-state index contributed by atoms with van der Waals surface area (Å²) >= 11 is 1.67. The Morgan fingerprint density at radius 3 is 2.39 bits per heavy atom. The van der Waals surface area contributed by atoms with Crippen molar-refractivity contribution in [3.8, 4) is 0 Å². The number of aromatic nitrogens is 2. The summed E-state index contributed by atoms with van der Waals surface area (Å²) in [5.41, 5.74) is 0.565. The van der Waals surface area contributed by atoms with Gasteiger partial charge >= 0.3 is 0 Å². The summed E-state index contributed by atoms with van der Waals surface area (Å²) in [5, 5.41) is 2.93. The highest BCUT2D eigenvalue weighted by molar-refractivity contribution is 7.98. The van der Waals surface area contributed by atoms with Crippen LogP contribution in [0.25, 0.3) is 0 Å². The monoisotopic (exact) mass is 399 g/mol. The second-order valence-corrected chi connectivity index (χ2v) is 7.52. The lowest BCUT2D eigenvalue weighted by Crippen LogP contribution is -2.55. The zero-order chi connectivity index (χ0) is 19.8. The number of hydrogen-bond donors (Lipinski definition) is 1. The van der Waals surface area contributed by atoms with Crippen molar-refractivity contribution in [3.63, 3.8) is 0 Å². The lowest BCUT2D eigenvalue weighted by molar-refractivity contribution is -0.133. The number of carbonyl (C=O) groups excluding carboxylic acids is 2. The van der Waals surface area contributed by atoms with E-state index in [1.165, 1.54) is 0 Å². The lowest BCUT2D eigenvalue weighted by atomic mass is 10.1. The van der Waals surface area contributed by atoms with E-state index in [1.807, 2.05) is 29.4 Å². The first-order valence-electron chi connectivity index (χ1n) is 9.34. The van der Waals surface area contributed by atoms with E-state index in [-0.39, 0.29) is 11.8 Å². The van der Waals surface area contributed by atoms with Gasteiger partial charge in [0.15, 0.2) is 0 Å². The molecule has 0 radical (unpaired) electrons. The Balaban J connectivity index is 1.61. The molecule has 0 saturated carbocycles. The van der Waals surface area contributed by atoms with Gasteiger partial charge in [0.25, 0.3) is 5.91 Å². The number of rotatable bonds is 7. The topological polar surface area (TPSA) is 78.4 Å². The van der Waals surface area contributed by atoms with Crippen LogP contribution in [0.2, 0.25) is 0 Å². The normalized spacial score (nSPS) is 15.2. The highest BCUT2D eigenvalue weighted by atomic mass is 32.2. The first-order valence-corrected chi connectivity index (χ1v) is 10.7. The molecular weight excluding hydrogens is 374 g/mol. The largest absolute Gasteiger partial charge is 0.340 e. The molecule has 0 aliphatic carbocycles. The van der Waals surface area contributed by atoms with Crippen LogP contribution in [0.15, 0.2) is 48.8 Å². The van der Waals surface area contributed by atoms with Crippen molar-refractivity contribution >= 4 is 29.5 Å². The standard InChI is InChI=1S/C20H25N5O2S/c1-28-15-8-17(23-18(26)16-6-3-2-4-7-16)19(27)24-11-13-25(14-12-24)20-21-9-5-10-22-20/h2-7,9-10,17H,8,11-15H2,1H3,(H,23,26). The highest BCUT2D eigenvalue weighted by Gasteiger charge is 2.29. The molecule has 7 nitrogen and oxygen atoms in total. The maximum Gasteiger partial charge on any atom is 0.251 e. The molecule has 148 valence electrons. The lowest BCUT2D eigenvalue weighted by Gasteiger charge is -2.36. The van der Waals surface area contributed by atoms with E-state index in [9.17, 15) is 9.59 Å². The molecular formula is C20H25N5O2S. The van der Waals surface area contributed by atoms with E-state index >= 15 is 0 Å². The van der Waals surface area contributed by atoms with Gasteiger partial charge < -0.3 is 15.1 Å². The van der Waals surface area contributed by atoms with Crippen molar-refractivity contribution in [2.75, 3.05) is 43.1 Å². The minimum Gasteiger partial charge on any atom is -0.340 e. The molecule has 2 heterocycles. The van der Waals surface area contributed by atoms with Gasteiger partial charge in [0.05, 0.1) is 0 Å². The molecule has 1 saturated heterocycles. The zero-order valence-electron chi connectivity index (χ0n) is 16.0. The number of carbonyl (C=O) groups is 2. The summed E-state index contributed by atoms with van der Waals surface area (Å²) in [6.45, 7) is 2.54. The van der Waals surface area contributed by atoms with Crippen LogP contribution in [-0.4, -0.2) is 70.9 Å². The fourth-order valence-corrected chi connectivity index (χ4v) is 3.60. The van der Waals surface area contributed by atoms with E-state index in [0.717, 1.165) is 5.75 Å². The summed E-state index contributed by atoms with van der Waals surface area (Å²) in [6, 6.07) is 10.3. The molecule has 1 atom stereocenters. The Bertz CT molecular complexity index is 767. The van der Waals surface area contributed by atoms with Gasteiger partial charge in [-0.25, -0.2) is 9.97 Å². The van der Waals surface area contributed by atoms with Gasteiger partial charge in [-0.2, -0.15) is 11.8 Å². The van der Waals surface area contributed by atoms with Crippen molar-refractivity contribution in [1.29, 1.82) is 0 Å². The van der Waals surface area contributed by atoms with Crippen LogP contribution in [0.4, 0.5) is 5.95 Å². The fraction of sp³-hybridized carbons (Fsp3) is 0.400. The van der Waals surface area contributed by atoms with Crippen molar-refractivity contribution in [3.05, 3.63) is 54.4 Å². The molecule has 1 aromatic heterocycles. The number of nitrogens with one attached hydrogen (secondary N) is 1. The minimum atomic E-state index is -0.514. The maximum atomic E-state index is 13.1. The Morgan fingerprint density at radius 2 is 1.75 bits per heavy atom. The fourth-order valence-electron chi connectivity index (χ4n) is 3.13. The van der Waals surface area contributed by atoms with Crippen LogP contribution in [0.1, 0.15) is 16.8 Å². The molecule has 3 rings (SSSR count). The second kappa shape index (κ2) is 10.1. The van der Waals surface area contributed by atoms with Crippen LogP contribution < -0.4 is 10.2 Å². The molecule has 0 spiro atoms. The predicted octanol–water partition coefficient (Wildman–Crippen LogP) is 1.68. The van der Waals surface area contributed by atoms with Crippen molar-refractivity contribution in [2.45, 2.75) is 12.5 Å². The van der Waals surface area contributed by atoms with Gasteiger partial charge in [0.2, 0.25) is 11.9 Å². The summed E-state index contributed by atoms with van der Waals surface area (Å²) in [6.07, 6.45) is 6.05. The molecule has 28 heavy (non-hydrogen) atoms. The van der Waals surface area contributed by atoms with E-state index in [2.05, 4.69) is 20.2 Å². The smallest absolute Gasteiger partial charge is 0.251 e. The molecule has 1 aromatic carbocycles. The Hall–Kier alpha value is -2.61. The Morgan fingerprint density at radius 1 is 1.07 bits per heavy atom. The molecule has 2 aromatic rings. The summed E-state index contributed by atoms with van der Waals surface area (Å²) < 4.78 is 0. The van der Waals surface area contributed by atoms with Crippen molar-refractivity contribution in [2.24, 2.45) is 0 Å². The van der Waals surface area contributed by atoms with Gasteiger partial charge in [-0.05, 0) is 36.6 Å². The molecule has 1 N–H and O–H groups in total. The summed E-state index contributed by atoms with van der Waals surface area (Å²) in [4.78, 5) is 38.0. The zero-order valence-corrected chi connectivity index (χ0v) is 16.8. The van der Waals surface area contributed by atoms with E-state index in [4.69, 9.17) is 0 Å². The summed E-state index contributed by atoms with van der Waals surface area (Å²) in [7, 11) is 0.